The van der Waals surface area contributed by atoms with E-state index in [1.165, 1.54) is 16.8 Å². The monoisotopic (exact) mass is 447 g/mol. The van der Waals surface area contributed by atoms with Gasteiger partial charge in [0.1, 0.15) is 0 Å². The Bertz CT molecular complexity index is 944. The van der Waals surface area contributed by atoms with Crippen molar-refractivity contribution >= 4 is 27.3 Å². The van der Waals surface area contributed by atoms with Crippen LogP contribution in [0.3, 0.4) is 0 Å². The van der Waals surface area contributed by atoms with E-state index in [9.17, 15) is 17.2 Å². The Labute approximate surface area is 172 Å². The molecule has 0 bridgehead atoms. The van der Waals surface area contributed by atoms with Crippen LogP contribution in [0.25, 0.3) is 10.6 Å². The van der Waals surface area contributed by atoms with E-state index < -0.39 is 16.4 Å². The minimum absolute atomic E-state index is 0.0421. The van der Waals surface area contributed by atoms with Crippen molar-refractivity contribution in [3.05, 3.63) is 18.0 Å². The molecule has 3 rings (SSSR count). The lowest BCUT2D eigenvalue weighted by molar-refractivity contribution is 0.151. The number of alkyl halides is 2. The molecule has 0 atom stereocenters. The van der Waals surface area contributed by atoms with Gasteiger partial charge in [-0.1, -0.05) is 11.3 Å². The maximum atomic E-state index is 13.5. The minimum atomic E-state index is -3.21. The maximum absolute atomic E-state index is 13.5. The summed E-state index contributed by atoms with van der Waals surface area (Å²) < 4.78 is 57.1. The van der Waals surface area contributed by atoms with E-state index in [-0.39, 0.29) is 29.4 Å². The van der Waals surface area contributed by atoms with Crippen LogP contribution in [0.1, 0.15) is 38.7 Å². The van der Waals surface area contributed by atoms with Gasteiger partial charge in [-0.3, -0.25) is 0 Å². The number of nitrogens with zero attached hydrogens (tertiary/aromatic N) is 4. The molecule has 1 saturated heterocycles. The quantitative estimate of drug-likeness (QED) is 0.696. The average molecular weight is 448 g/mol. The number of halogens is 2. The second-order valence-corrected chi connectivity index (χ2v) is 10.0. The highest BCUT2D eigenvalue weighted by atomic mass is 32.2. The molecule has 0 radical (unpaired) electrons. The van der Waals surface area contributed by atoms with Gasteiger partial charge in [0, 0.05) is 25.3 Å². The Hall–Kier alpha value is -1.92. The molecule has 1 fully saturated rings. The van der Waals surface area contributed by atoms with E-state index in [1.807, 2.05) is 13.8 Å². The molecular weight excluding hydrogens is 424 g/mol. The molecule has 0 aromatic carbocycles. The smallest absolute Gasteiger partial charge is 0.274 e. The highest BCUT2D eigenvalue weighted by molar-refractivity contribution is 7.88. The number of rotatable bonds is 7. The van der Waals surface area contributed by atoms with E-state index in [2.05, 4.69) is 20.3 Å². The molecule has 2 aromatic rings. The zero-order valence-electron chi connectivity index (χ0n) is 16.3. The zero-order valence-corrected chi connectivity index (χ0v) is 17.9. The molecule has 8 nitrogen and oxygen atoms in total. The predicted octanol–water partition coefficient (Wildman–Crippen LogP) is 3.16. The predicted molar refractivity (Wildman–Crippen MR) is 107 cm³/mol. The van der Waals surface area contributed by atoms with Gasteiger partial charge in [0.05, 0.1) is 34.7 Å². The van der Waals surface area contributed by atoms with Crippen LogP contribution in [-0.4, -0.2) is 59.2 Å². The summed E-state index contributed by atoms with van der Waals surface area (Å²) in [5.74, 6) is 0.224. The molecule has 1 aliphatic rings. The molecule has 29 heavy (non-hydrogen) atoms. The van der Waals surface area contributed by atoms with E-state index in [0.29, 0.717) is 36.0 Å². The van der Waals surface area contributed by atoms with Crippen LogP contribution in [0.2, 0.25) is 0 Å². The fourth-order valence-corrected chi connectivity index (χ4v) is 4.73. The third-order valence-corrected chi connectivity index (χ3v) is 6.56. The van der Waals surface area contributed by atoms with Crippen molar-refractivity contribution < 1.29 is 21.9 Å². The number of anilines is 1. The van der Waals surface area contributed by atoms with Crippen molar-refractivity contribution in [2.45, 2.75) is 45.3 Å². The molecule has 1 aliphatic heterocycles. The minimum Gasteiger partial charge on any atom is -0.467 e. The summed E-state index contributed by atoms with van der Waals surface area (Å²) in [5, 5.41) is 3.52. The number of piperidine rings is 1. The van der Waals surface area contributed by atoms with Gasteiger partial charge in [0.15, 0.2) is 0 Å². The Balaban J connectivity index is 1.78. The molecule has 0 amide bonds. The van der Waals surface area contributed by atoms with Gasteiger partial charge in [0.2, 0.25) is 16.0 Å². The number of hydrogen-bond acceptors (Lipinski definition) is 8. The summed E-state index contributed by atoms with van der Waals surface area (Å²) in [5.41, 5.74) is -0.163. The van der Waals surface area contributed by atoms with Gasteiger partial charge in [0.25, 0.3) is 11.6 Å². The molecular formula is C17H23F2N5O3S2. The first kappa shape index (κ1) is 21.8. The fourth-order valence-electron chi connectivity index (χ4n) is 2.96. The number of aromatic nitrogens is 3. The van der Waals surface area contributed by atoms with E-state index in [4.69, 9.17) is 4.74 Å². The van der Waals surface area contributed by atoms with E-state index >= 15 is 0 Å². The highest BCUT2D eigenvalue weighted by Gasteiger charge is 2.26. The summed E-state index contributed by atoms with van der Waals surface area (Å²) in [6.45, 7) is 4.49. The molecule has 12 heteroatoms. The first-order valence-corrected chi connectivity index (χ1v) is 11.8. The molecule has 0 unspecified atom stereocenters. The third kappa shape index (κ3) is 5.58. The van der Waals surface area contributed by atoms with Crippen LogP contribution in [0.15, 0.2) is 12.4 Å². The average Bonchev–Trinajstić information content (AvgIpc) is 3.09. The molecule has 0 spiro atoms. The Morgan fingerprint density at radius 3 is 2.52 bits per heavy atom. The molecule has 160 valence electrons. The number of sulfonamides is 1. The zero-order chi connectivity index (χ0) is 21.2. The molecule has 3 heterocycles. The van der Waals surface area contributed by atoms with Crippen molar-refractivity contribution in [3.63, 3.8) is 0 Å². The van der Waals surface area contributed by atoms with Crippen molar-refractivity contribution in [2.75, 3.05) is 24.7 Å². The Kier molecular flexibility index (Phi) is 6.64. The SMILES string of the molecule is CC(C)Oc1ncc(-c2nc(NC3CCN(S(C)(=O)=O)CC3)ncc2C(F)F)s1. The van der Waals surface area contributed by atoms with Gasteiger partial charge in [-0.25, -0.2) is 36.5 Å². The van der Waals surface area contributed by atoms with Gasteiger partial charge in [-0.15, -0.1) is 0 Å². The van der Waals surface area contributed by atoms with Crippen molar-refractivity contribution in [3.8, 4) is 15.8 Å². The highest BCUT2D eigenvalue weighted by Crippen LogP contribution is 2.35. The normalized spacial score (nSPS) is 16.5. The van der Waals surface area contributed by atoms with Gasteiger partial charge in [-0.05, 0) is 26.7 Å². The van der Waals surface area contributed by atoms with Crippen LogP contribution in [0, 0.1) is 0 Å². The standard InChI is InChI=1S/C17H23F2N5O3S2/c1-10(2)27-17-21-9-13(28-17)14-12(15(18)19)8-20-16(23-14)22-11-4-6-24(7-5-11)29(3,25)26/h8-11,15H,4-7H2,1-3H3,(H,20,22,23). The lowest BCUT2D eigenvalue weighted by Crippen LogP contribution is -2.42. The fraction of sp³-hybridized carbons (Fsp3) is 0.588. The summed E-state index contributed by atoms with van der Waals surface area (Å²) in [6.07, 6.45) is 2.11. The van der Waals surface area contributed by atoms with Crippen LogP contribution in [-0.2, 0) is 10.0 Å². The van der Waals surface area contributed by atoms with Crippen LogP contribution < -0.4 is 10.1 Å². The lowest BCUT2D eigenvalue weighted by Gasteiger charge is -2.30. The third-order valence-electron chi connectivity index (χ3n) is 4.36. The second kappa shape index (κ2) is 8.84. The van der Waals surface area contributed by atoms with Crippen molar-refractivity contribution in [2.24, 2.45) is 0 Å². The number of hydrogen-bond donors (Lipinski definition) is 1. The summed E-state index contributed by atoms with van der Waals surface area (Å²) in [7, 11) is -3.21. The summed E-state index contributed by atoms with van der Waals surface area (Å²) in [4.78, 5) is 12.9. The maximum Gasteiger partial charge on any atom is 0.274 e. The van der Waals surface area contributed by atoms with Gasteiger partial charge >= 0.3 is 0 Å². The molecule has 2 aromatic heterocycles. The van der Waals surface area contributed by atoms with Crippen molar-refractivity contribution in [1.82, 2.24) is 19.3 Å². The van der Waals surface area contributed by atoms with Crippen LogP contribution in [0.5, 0.6) is 5.19 Å². The Morgan fingerprint density at radius 2 is 1.93 bits per heavy atom. The summed E-state index contributed by atoms with van der Waals surface area (Å²) in [6, 6.07) is -0.0421. The number of thiazole rings is 1. The van der Waals surface area contributed by atoms with Crippen molar-refractivity contribution in [1.29, 1.82) is 0 Å². The van der Waals surface area contributed by atoms with Crippen LogP contribution >= 0.6 is 11.3 Å². The topological polar surface area (TPSA) is 97.3 Å². The number of ether oxygens (including phenoxy) is 1. The molecule has 0 aliphatic carbocycles. The Morgan fingerprint density at radius 1 is 1.24 bits per heavy atom. The second-order valence-electron chi connectivity index (χ2n) is 7.04. The molecule has 1 N–H and O–H groups in total. The lowest BCUT2D eigenvalue weighted by atomic mass is 10.1. The summed E-state index contributed by atoms with van der Waals surface area (Å²) >= 11 is 1.15. The van der Waals surface area contributed by atoms with E-state index in [0.717, 1.165) is 17.5 Å². The van der Waals surface area contributed by atoms with Gasteiger partial charge in [-0.2, -0.15) is 0 Å². The van der Waals surface area contributed by atoms with Crippen LogP contribution in [0.4, 0.5) is 14.7 Å². The number of nitrogens with one attached hydrogen (secondary N) is 1. The first-order valence-electron chi connectivity index (χ1n) is 9.13. The largest absolute Gasteiger partial charge is 0.467 e. The van der Waals surface area contributed by atoms with E-state index in [1.54, 1.807) is 0 Å². The first-order chi connectivity index (χ1) is 13.6. The van der Waals surface area contributed by atoms with Gasteiger partial charge < -0.3 is 10.1 Å². The molecule has 0 saturated carbocycles.